The molecule has 100 valence electrons. The van der Waals surface area contributed by atoms with Gasteiger partial charge in [0.05, 0.1) is 6.04 Å². The second kappa shape index (κ2) is 5.93. The lowest BCUT2D eigenvalue weighted by Gasteiger charge is -2.19. The molecule has 0 amide bonds. The van der Waals surface area contributed by atoms with Crippen molar-refractivity contribution >= 4 is 33.2 Å². The Hall–Kier alpha value is -1.06. The fraction of sp³-hybridized carbons (Fsp3) is 0.200. The number of rotatable bonds is 3. The Kier molecular flexibility index (Phi) is 4.48. The van der Waals surface area contributed by atoms with Gasteiger partial charge in [-0.15, -0.1) is 0 Å². The van der Waals surface area contributed by atoms with Crippen LogP contribution in [-0.4, -0.2) is 0 Å². The Labute approximate surface area is 125 Å². The molecular weight excluding hydrogens is 329 g/mol. The second-order valence-electron chi connectivity index (χ2n) is 4.44. The molecule has 1 atom stereocenters. The molecule has 0 aliphatic heterocycles. The van der Waals surface area contributed by atoms with Gasteiger partial charge in [0.25, 0.3) is 0 Å². The number of nitrogens with one attached hydrogen (secondary N) is 1. The Morgan fingerprint density at radius 1 is 1.26 bits per heavy atom. The molecular formula is C15H14BrClFN. The molecule has 2 aromatic rings. The van der Waals surface area contributed by atoms with E-state index in [0.29, 0.717) is 10.6 Å². The van der Waals surface area contributed by atoms with E-state index in [0.717, 1.165) is 15.7 Å². The summed E-state index contributed by atoms with van der Waals surface area (Å²) in [7, 11) is 0. The summed E-state index contributed by atoms with van der Waals surface area (Å²) in [5.41, 5.74) is 2.38. The van der Waals surface area contributed by atoms with Gasteiger partial charge in [-0.2, -0.15) is 0 Å². The molecule has 1 nitrogen and oxygen atoms in total. The Morgan fingerprint density at radius 2 is 2.00 bits per heavy atom. The molecule has 1 N–H and O–H groups in total. The summed E-state index contributed by atoms with van der Waals surface area (Å²) in [6.45, 7) is 3.76. The molecule has 0 saturated carbocycles. The fourth-order valence-corrected chi connectivity index (χ4v) is 2.76. The third kappa shape index (κ3) is 3.28. The highest BCUT2D eigenvalue weighted by molar-refractivity contribution is 9.10. The van der Waals surface area contributed by atoms with Crippen LogP contribution in [0.3, 0.4) is 0 Å². The predicted molar refractivity (Wildman–Crippen MR) is 82.3 cm³/mol. The first kappa shape index (κ1) is 14.4. The lowest BCUT2D eigenvalue weighted by molar-refractivity contribution is 0.618. The first-order valence-electron chi connectivity index (χ1n) is 5.95. The van der Waals surface area contributed by atoms with E-state index in [1.807, 2.05) is 31.2 Å². The first-order chi connectivity index (χ1) is 8.99. The molecule has 1 unspecified atom stereocenters. The molecule has 0 fully saturated rings. The van der Waals surface area contributed by atoms with Gasteiger partial charge in [0.15, 0.2) is 0 Å². The standard InChI is InChI=1S/C15H14BrClFN/c1-9-14(18)4-3-5-15(9)19-10(2)12-7-6-11(16)8-13(12)17/h3-8,10,19H,1-2H3. The van der Waals surface area contributed by atoms with Gasteiger partial charge in [-0.25, -0.2) is 4.39 Å². The summed E-state index contributed by atoms with van der Waals surface area (Å²) in [5, 5.41) is 3.97. The van der Waals surface area contributed by atoms with E-state index in [1.54, 1.807) is 13.0 Å². The van der Waals surface area contributed by atoms with E-state index >= 15 is 0 Å². The summed E-state index contributed by atoms with van der Waals surface area (Å²) >= 11 is 9.60. The zero-order chi connectivity index (χ0) is 14.0. The van der Waals surface area contributed by atoms with Crippen LogP contribution in [0.15, 0.2) is 40.9 Å². The number of hydrogen-bond donors (Lipinski definition) is 1. The van der Waals surface area contributed by atoms with Crippen molar-refractivity contribution in [2.45, 2.75) is 19.9 Å². The third-order valence-electron chi connectivity index (χ3n) is 3.07. The van der Waals surface area contributed by atoms with Crippen molar-refractivity contribution < 1.29 is 4.39 Å². The molecule has 0 spiro atoms. The highest BCUT2D eigenvalue weighted by Crippen LogP contribution is 2.29. The minimum Gasteiger partial charge on any atom is -0.378 e. The van der Waals surface area contributed by atoms with Crippen molar-refractivity contribution in [3.8, 4) is 0 Å². The fourth-order valence-electron chi connectivity index (χ4n) is 1.93. The van der Waals surface area contributed by atoms with Crippen LogP contribution in [0.4, 0.5) is 10.1 Å². The third-order valence-corrected chi connectivity index (χ3v) is 3.89. The van der Waals surface area contributed by atoms with E-state index in [1.165, 1.54) is 6.07 Å². The lowest BCUT2D eigenvalue weighted by atomic mass is 10.1. The predicted octanol–water partition coefficient (Wildman–Crippen LogP) is 5.72. The molecule has 0 aromatic heterocycles. The van der Waals surface area contributed by atoms with Gasteiger partial charge in [-0.05, 0) is 43.7 Å². The molecule has 0 saturated heterocycles. The van der Waals surface area contributed by atoms with Gasteiger partial charge in [0.1, 0.15) is 5.82 Å². The van der Waals surface area contributed by atoms with Crippen LogP contribution in [0.25, 0.3) is 0 Å². The minimum absolute atomic E-state index is 0.00102. The van der Waals surface area contributed by atoms with Crippen LogP contribution in [0.1, 0.15) is 24.1 Å². The van der Waals surface area contributed by atoms with E-state index < -0.39 is 0 Å². The van der Waals surface area contributed by atoms with Crippen molar-refractivity contribution in [2.24, 2.45) is 0 Å². The number of halogens is 3. The molecule has 2 aromatic carbocycles. The molecule has 2 rings (SSSR count). The SMILES string of the molecule is Cc1c(F)cccc1NC(C)c1ccc(Br)cc1Cl. The molecule has 0 heterocycles. The quantitative estimate of drug-likeness (QED) is 0.752. The van der Waals surface area contributed by atoms with Crippen LogP contribution >= 0.6 is 27.5 Å². The Bertz CT molecular complexity index is 601. The average molecular weight is 343 g/mol. The second-order valence-corrected chi connectivity index (χ2v) is 5.77. The van der Waals surface area contributed by atoms with Gasteiger partial charge >= 0.3 is 0 Å². The summed E-state index contributed by atoms with van der Waals surface area (Å²) in [6.07, 6.45) is 0. The van der Waals surface area contributed by atoms with Gasteiger partial charge in [-0.1, -0.05) is 39.7 Å². The van der Waals surface area contributed by atoms with Crippen molar-refractivity contribution in [1.29, 1.82) is 0 Å². The Balaban J connectivity index is 2.25. The van der Waals surface area contributed by atoms with Gasteiger partial charge < -0.3 is 5.32 Å². The minimum atomic E-state index is -0.209. The highest BCUT2D eigenvalue weighted by Gasteiger charge is 2.12. The smallest absolute Gasteiger partial charge is 0.128 e. The molecule has 0 aliphatic rings. The first-order valence-corrected chi connectivity index (χ1v) is 7.12. The molecule has 0 bridgehead atoms. The van der Waals surface area contributed by atoms with Crippen LogP contribution < -0.4 is 5.32 Å². The molecule has 0 aliphatic carbocycles. The van der Waals surface area contributed by atoms with Crippen LogP contribution in [0.5, 0.6) is 0 Å². The maximum Gasteiger partial charge on any atom is 0.128 e. The Morgan fingerprint density at radius 3 is 2.68 bits per heavy atom. The monoisotopic (exact) mass is 341 g/mol. The maximum atomic E-state index is 13.5. The molecule has 4 heteroatoms. The van der Waals surface area contributed by atoms with Crippen LogP contribution in [-0.2, 0) is 0 Å². The number of anilines is 1. The van der Waals surface area contributed by atoms with E-state index in [-0.39, 0.29) is 11.9 Å². The molecule has 0 radical (unpaired) electrons. The summed E-state index contributed by atoms with van der Waals surface area (Å²) in [5.74, 6) is -0.209. The van der Waals surface area contributed by atoms with Crippen molar-refractivity contribution in [2.75, 3.05) is 5.32 Å². The lowest BCUT2D eigenvalue weighted by Crippen LogP contribution is -2.08. The van der Waals surface area contributed by atoms with Crippen molar-refractivity contribution in [3.05, 3.63) is 62.8 Å². The van der Waals surface area contributed by atoms with Gasteiger partial charge in [0.2, 0.25) is 0 Å². The number of hydrogen-bond acceptors (Lipinski definition) is 1. The number of benzene rings is 2. The highest BCUT2D eigenvalue weighted by atomic mass is 79.9. The van der Waals surface area contributed by atoms with Crippen LogP contribution in [0, 0.1) is 12.7 Å². The summed E-state index contributed by atoms with van der Waals surface area (Å²) in [4.78, 5) is 0. The van der Waals surface area contributed by atoms with Crippen LogP contribution in [0.2, 0.25) is 5.02 Å². The van der Waals surface area contributed by atoms with Crippen molar-refractivity contribution in [3.63, 3.8) is 0 Å². The van der Waals surface area contributed by atoms with Crippen molar-refractivity contribution in [1.82, 2.24) is 0 Å². The summed E-state index contributed by atoms with van der Waals surface area (Å²) in [6, 6.07) is 10.8. The van der Waals surface area contributed by atoms with E-state index in [4.69, 9.17) is 11.6 Å². The normalized spacial score (nSPS) is 12.3. The van der Waals surface area contributed by atoms with E-state index in [9.17, 15) is 4.39 Å². The topological polar surface area (TPSA) is 12.0 Å². The van der Waals surface area contributed by atoms with Gasteiger partial charge in [0, 0.05) is 20.7 Å². The largest absolute Gasteiger partial charge is 0.378 e. The summed E-state index contributed by atoms with van der Waals surface area (Å²) < 4.78 is 14.4. The van der Waals surface area contributed by atoms with E-state index in [2.05, 4.69) is 21.2 Å². The maximum absolute atomic E-state index is 13.5. The zero-order valence-electron chi connectivity index (χ0n) is 10.7. The van der Waals surface area contributed by atoms with Gasteiger partial charge in [-0.3, -0.25) is 0 Å². The average Bonchev–Trinajstić information content (AvgIpc) is 2.34. The molecule has 19 heavy (non-hydrogen) atoms. The zero-order valence-corrected chi connectivity index (χ0v) is 13.0.